The number of nitrogens with zero attached hydrogens (tertiary/aromatic N) is 2. The summed E-state index contributed by atoms with van der Waals surface area (Å²) in [7, 11) is -3.74. The van der Waals surface area contributed by atoms with Crippen molar-refractivity contribution in [3.63, 3.8) is 0 Å². The van der Waals surface area contributed by atoms with Crippen molar-refractivity contribution in [2.75, 3.05) is 23.7 Å². The molecule has 8 heteroatoms. The molecule has 2 aromatic rings. The van der Waals surface area contributed by atoms with Gasteiger partial charge in [-0.15, -0.1) is 0 Å². The number of amides is 2. The van der Waals surface area contributed by atoms with Crippen molar-refractivity contribution < 1.29 is 18.0 Å². The third-order valence-corrected chi connectivity index (χ3v) is 6.77. The number of likely N-dealkylation sites (N-methyl/N-ethyl adjacent to an activating group) is 1. The lowest BCUT2D eigenvalue weighted by Crippen LogP contribution is -2.51. The van der Waals surface area contributed by atoms with Crippen LogP contribution in [0.5, 0.6) is 0 Å². The van der Waals surface area contributed by atoms with Gasteiger partial charge in [-0.2, -0.15) is 0 Å². The SMILES string of the molecule is CCNC(=O)C(C)N(Cc1ccccc1C)C(=O)CN(c1cccc(C)c1C)S(C)(=O)=O. The van der Waals surface area contributed by atoms with E-state index in [1.54, 1.807) is 19.1 Å². The molecule has 0 saturated carbocycles. The van der Waals surface area contributed by atoms with Gasteiger partial charge in [0.05, 0.1) is 11.9 Å². The number of carbonyl (C=O) groups excluding carboxylic acids is 2. The van der Waals surface area contributed by atoms with E-state index in [1.807, 2.05) is 58.0 Å². The average Bonchev–Trinajstić information content (AvgIpc) is 2.72. The molecule has 0 aromatic heterocycles. The lowest BCUT2D eigenvalue weighted by Gasteiger charge is -2.32. The van der Waals surface area contributed by atoms with Crippen LogP contribution in [0.2, 0.25) is 0 Å². The monoisotopic (exact) mass is 459 g/mol. The Kier molecular flexibility index (Phi) is 8.44. The van der Waals surface area contributed by atoms with Crippen LogP contribution >= 0.6 is 0 Å². The summed E-state index contributed by atoms with van der Waals surface area (Å²) in [6.45, 7) is 9.38. The Morgan fingerprint density at radius 2 is 1.62 bits per heavy atom. The van der Waals surface area contributed by atoms with Gasteiger partial charge in [-0.25, -0.2) is 8.42 Å². The molecule has 7 nitrogen and oxygen atoms in total. The first-order valence-electron chi connectivity index (χ1n) is 10.6. The highest BCUT2D eigenvalue weighted by atomic mass is 32.2. The van der Waals surface area contributed by atoms with Gasteiger partial charge in [0.25, 0.3) is 0 Å². The summed E-state index contributed by atoms with van der Waals surface area (Å²) >= 11 is 0. The first-order valence-corrected chi connectivity index (χ1v) is 12.5. The van der Waals surface area contributed by atoms with Gasteiger partial charge in [-0.1, -0.05) is 36.4 Å². The van der Waals surface area contributed by atoms with Crippen molar-refractivity contribution in [2.45, 2.75) is 47.2 Å². The van der Waals surface area contributed by atoms with E-state index in [9.17, 15) is 18.0 Å². The lowest BCUT2D eigenvalue weighted by molar-refractivity contribution is -0.139. The molecule has 0 radical (unpaired) electrons. The number of hydrogen-bond donors (Lipinski definition) is 1. The van der Waals surface area contributed by atoms with Crippen LogP contribution in [0.15, 0.2) is 42.5 Å². The minimum Gasteiger partial charge on any atom is -0.355 e. The Bertz CT molecular complexity index is 1080. The van der Waals surface area contributed by atoms with E-state index in [2.05, 4.69) is 5.32 Å². The zero-order valence-corrected chi connectivity index (χ0v) is 20.5. The molecule has 174 valence electrons. The van der Waals surface area contributed by atoms with Crippen LogP contribution in [0.25, 0.3) is 0 Å². The second-order valence-electron chi connectivity index (χ2n) is 8.01. The molecule has 0 spiro atoms. The maximum atomic E-state index is 13.5. The molecule has 1 N–H and O–H groups in total. The zero-order valence-electron chi connectivity index (χ0n) is 19.7. The Hall–Kier alpha value is -2.87. The quantitative estimate of drug-likeness (QED) is 0.625. The number of benzene rings is 2. The molecule has 2 aromatic carbocycles. The maximum Gasteiger partial charge on any atom is 0.244 e. The van der Waals surface area contributed by atoms with Crippen molar-refractivity contribution in [1.82, 2.24) is 10.2 Å². The van der Waals surface area contributed by atoms with Gasteiger partial charge in [0.15, 0.2) is 0 Å². The smallest absolute Gasteiger partial charge is 0.244 e. The number of nitrogens with one attached hydrogen (secondary N) is 1. The van der Waals surface area contributed by atoms with E-state index in [0.29, 0.717) is 12.2 Å². The molecule has 0 bridgehead atoms. The van der Waals surface area contributed by atoms with Gasteiger partial charge in [-0.3, -0.25) is 13.9 Å². The molecule has 32 heavy (non-hydrogen) atoms. The van der Waals surface area contributed by atoms with Crippen molar-refractivity contribution in [3.05, 3.63) is 64.7 Å². The second-order valence-corrected chi connectivity index (χ2v) is 9.91. The Balaban J connectivity index is 2.45. The normalized spacial score (nSPS) is 12.2. The van der Waals surface area contributed by atoms with Crippen molar-refractivity contribution in [2.24, 2.45) is 0 Å². The molecular formula is C24H33N3O4S. The number of rotatable bonds is 9. The summed E-state index contributed by atoms with van der Waals surface area (Å²) in [5, 5.41) is 2.75. The first-order chi connectivity index (χ1) is 15.0. The highest BCUT2D eigenvalue weighted by molar-refractivity contribution is 7.92. The Morgan fingerprint density at radius 1 is 1.00 bits per heavy atom. The number of carbonyl (C=O) groups is 2. The third kappa shape index (κ3) is 6.09. The second kappa shape index (κ2) is 10.6. The van der Waals surface area contributed by atoms with Gasteiger partial charge in [0.1, 0.15) is 12.6 Å². The number of sulfonamides is 1. The predicted octanol–water partition coefficient (Wildman–Crippen LogP) is 2.93. The van der Waals surface area contributed by atoms with Crippen LogP contribution in [0.1, 0.15) is 36.1 Å². The van der Waals surface area contributed by atoms with E-state index >= 15 is 0 Å². The van der Waals surface area contributed by atoms with Crippen LogP contribution in [0.4, 0.5) is 5.69 Å². The molecule has 2 rings (SSSR count). The summed E-state index contributed by atoms with van der Waals surface area (Å²) in [6, 6.07) is 12.2. The zero-order chi connectivity index (χ0) is 24.1. The predicted molar refractivity (Wildman–Crippen MR) is 128 cm³/mol. The molecule has 1 atom stereocenters. The van der Waals surface area contributed by atoms with Crippen molar-refractivity contribution in [3.8, 4) is 0 Å². The molecule has 0 aliphatic heterocycles. The highest BCUT2D eigenvalue weighted by Gasteiger charge is 2.30. The van der Waals surface area contributed by atoms with Crippen molar-refractivity contribution in [1.29, 1.82) is 0 Å². The van der Waals surface area contributed by atoms with E-state index in [1.165, 1.54) is 4.90 Å². The lowest BCUT2D eigenvalue weighted by atomic mass is 10.1. The molecule has 0 saturated heterocycles. The Morgan fingerprint density at radius 3 is 2.22 bits per heavy atom. The molecule has 0 aliphatic carbocycles. The Labute approximate surface area is 191 Å². The topological polar surface area (TPSA) is 86.8 Å². The summed E-state index contributed by atoms with van der Waals surface area (Å²) < 4.78 is 26.4. The van der Waals surface area contributed by atoms with Gasteiger partial charge in [-0.05, 0) is 62.9 Å². The first kappa shape index (κ1) is 25.4. The fourth-order valence-electron chi connectivity index (χ4n) is 3.48. The van der Waals surface area contributed by atoms with Gasteiger partial charge < -0.3 is 10.2 Å². The standard InChI is InChI=1S/C24H33N3O4S/c1-7-25-24(29)20(5)26(15-21-13-9-8-11-18(21)3)23(28)16-27(32(6,30)31)22-14-10-12-17(2)19(22)4/h8-14,20H,7,15-16H2,1-6H3,(H,25,29). The largest absolute Gasteiger partial charge is 0.355 e. The van der Waals surface area contributed by atoms with Crippen molar-refractivity contribution >= 4 is 27.5 Å². The van der Waals surface area contributed by atoms with E-state index < -0.39 is 28.5 Å². The van der Waals surface area contributed by atoms with E-state index in [4.69, 9.17) is 0 Å². The van der Waals surface area contributed by atoms with Crippen LogP contribution in [-0.4, -0.2) is 50.5 Å². The molecular weight excluding hydrogens is 426 g/mol. The summed E-state index contributed by atoms with van der Waals surface area (Å²) in [5.74, 6) is -0.731. The number of anilines is 1. The minimum atomic E-state index is -3.74. The van der Waals surface area contributed by atoms with Gasteiger partial charge in [0.2, 0.25) is 21.8 Å². The van der Waals surface area contributed by atoms with E-state index in [0.717, 1.165) is 32.8 Å². The molecule has 2 amide bonds. The van der Waals surface area contributed by atoms with Crippen LogP contribution in [0.3, 0.4) is 0 Å². The number of hydrogen-bond acceptors (Lipinski definition) is 4. The van der Waals surface area contributed by atoms with Crippen LogP contribution in [0, 0.1) is 20.8 Å². The van der Waals surface area contributed by atoms with Crippen LogP contribution < -0.4 is 9.62 Å². The summed E-state index contributed by atoms with van der Waals surface area (Å²) in [5.41, 5.74) is 4.06. The summed E-state index contributed by atoms with van der Waals surface area (Å²) in [6.07, 6.45) is 1.08. The molecule has 0 aliphatic rings. The fraction of sp³-hybridized carbons (Fsp3) is 0.417. The van der Waals surface area contributed by atoms with Crippen LogP contribution in [-0.2, 0) is 26.2 Å². The third-order valence-electron chi connectivity index (χ3n) is 5.64. The van der Waals surface area contributed by atoms with Gasteiger partial charge in [0, 0.05) is 13.1 Å². The minimum absolute atomic E-state index is 0.203. The maximum absolute atomic E-state index is 13.5. The molecule has 0 heterocycles. The highest BCUT2D eigenvalue weighted by Crippen LogP contribution is 2.25. The molecule has 1 unspecified atom stereocenters. The van der Waals surface area contributed by atoms with Gasteiger partial charge >= 0.3 is 0 Å². The number of aryl methyl sites for hydroxylation is 2. The van der Waals surface area contributed by atoms with E-state index in [-0.39, 0.29) is 12.5 Å². The summed E-state index contributed by atoms with van der Waals surface area (Å²) in [4.78, 5) is 27.5. The average molecular weight is 460 g/mol. The molecule has 0 fully saturated rings. The fourth-order valence-corrected chi connectivity index (χ4v) is 4.38.